The van der Waals surface area contributed by atoms with Gasteiger partial charge in [-0.1, -0.05) is 270 Å². The average Bonchev–Trinajstić information content (AvgIpc) is 1.59. The fraction of sp³-hybridized carbons (Fsp3) is 0. The Bertz CT molecular complexity index is 6270. The van der Waals surface area contributed by atoms with Gasteiger partial charge >= 0.3 is 40.2 Å². The zero-order chi connectivity index (χ0) is 73.7. The number of benzene rings is 12. The molecule has 20 rings (SSSR count). The van der Waals surface area contributed by atoms with E-state index in [0.29, 0.717) is 40.9 Å². The van der Waals surface area contributed by atoms with Crippen LogP contribution in [-0.2, 0) is 40.2 Å². The van der Waals surface area contributed by atoms with Gasteiger partial charge in [0.2, 0.25) is 11.9 Å². The molecular weight excluding hydrogens is 1760 g/mol. The summed E-state index contributed by atoms with van der Waals surface area (Å²) in [6.07, 6.45) is 9.25. The Morgan fingerprint density at radius 2 is 0.658 bits per heavy atom. The monoisotopic (exact) mass is 1810 g/mol. The summed E-state index contributed by atoms with van der Waals surface area (Å²) in [7, 11) is 0. The van der Waals surface area contributed by atoms with Crippen LogP contribution in [0.3, 0.4) is 0 Å². The van der Waals surface area contributed by atoms with Crippen LogP contribution in [0, 0.1) is 66.0 Å². The number of pyridine rings is 2. The molecule has 21 heteroatoms. The minimum absolute atomic E-state index is 0. The Morgan fingerprint density at radius 3 is 1.06 bits per heavy atom. The third-order valence-electron chi connectivity index (χ3n) is 17.9. The molecule has 0 aliphatic heterocycles. The van der Waals surface area contributed by atoms with Crippen LogP contribution in [0.5, 0.6) is 0 Å². The van der Waals surface area contributed by atoms with Crippen molar-refractivity contribution < 1.29 is 62.2 Å². The van der Waals surface area contributed by atoms with Crippen molar-refractivity contribution in [3.05, 3.63) is 376 Å². The molecule has 0 spiro atoms. The number of hydrogen-bond acceptors (Lipinski definition) is 10. The first-order valence-electron chi connectivity index (χ1n) is 34.2. The molecule has 12 aromatic carbocycles. The summed E-state index contributed by atoms with van der Waals surface area (Å²) in [6, 6.07) is 105. The van der Waals surface area contributed by atoms with E-state index < -0.39 is 29.1 Å². The summed E-state index contributed by atoms with van der Waals surface area (Å²) in [5.74, 6) is -1.75. The van der Waals surface area contributed by atoms with Crippen LogP contribution >= 0.6 is 0 Å². The molecule has 0 N–H and O–H groups in total. The molecule has 534 valence electrons. The third-order valence-corrected chi connectivity index (χ3v) is 17.9. The number of hydrogen-bond donors (Lipinski definition) is 0. The number of halogens is 5. The SMILES string of the molecule is Fc1c[c-]c(-c2ccccn2)c(F)c1.Fc1c[c-]c(-c2ccccn2)c(F)c1F.[Ir+3].[Ir+3].[c-]1cc2c3ccccc3n(-c3nc(-c4ccccc4)nc(-c4ccccc4)n3)c2cc1-n1[c-]nc2ccccc21.[c-]1cc2c3ccccc3n(-c3nc(-c4ccccc4)nc(-c4ccccc4)n3)c2cc1-n1[c-]nc2ccccc21. The van der Waals surface area contributed by atoms with Crippen LogP contribution in [0.15, 0.2) is 310 Å². The van der Waals surface area contributed by atoms with Gasteiger partial charge in [-0.2, -0.15) is 55.6 Å². The third kappa shape index (κ3) is 14.9. The zero-order valence-electron chi connectivity index (χ0n) is 57.8. The minimum Gasteiger partial charge on any atom is -0.448 e. The van der Waals surface area contributed by atoms with E-state index in [1.54, 1.807) is 36.5 Å². The summed E-state index contributed by atoms with van der Waals surface area (Å²) in [5.41, 5.74) is 13.7. The fourth-order valence-electron chi connectivity index (χ4n) is 12.8. The van der Waals surface area contributed by atoms with Crippen molar-refractivity contribution in [3.63, 3.8) is 0 Å². The number of rotatable bonds is 10. The Kier molecular flexibility index (Phi) is 21.4. The van der Waals surface area contributed by atoms with Crippen molar-refractivity contribution in [2.75, 3.05) is 0 Å². The van der Waals surface area contributed by atoms with E-state index in [-0.39, 0.29) is 57.0 Å². The fourth-order valence-corrected chi connectivity index (χ4v) is 12.8. The molecule has 0 aliphatic carbocycles. The largest absolute Gasteiger partial charge is 3.00 e. The maximum absolute atomic E-state index is 13.3. The van der Waals surface area contributed by atoms with E-state index in [0.717, 1.165) is 118 Å². The van der Waals surface area contributed by atoms with Gasteiger partial charge in [-0.3, -0.25) is 17.6 Å². The van der Waals surface area contributed by atoms with Crippen molar-refractivity contribution in [2.45, 2.75) is 0 Å². The van der Waals surface area contributed by atoms with Crippen LogP contribution in [0.2, 0.25) is 0 Å². The maximum Gasteiger partial charge on any atom is 3.00 e. The van der Waals surface area contributed by atoms with Gasteiger partial charge in [-0.15, -0.1) is 35.0 Å². The van der Waals surface area contributed by atoms with Crippen LogP contribution in [0.25, 0.3) is 157 Å². The molecule has 20 aromatic rings. The van der Waals surface area contributed by atoms with Gasteiger partial charge in [-0.05, 0) is 57.5 Å². The quantitative estimate of drug-likeness (QED) is 0.0736. The van der Waals surface area contributed by atoms with Crippen molar-refractivity contribution >= 4 is 65.7 Å². The summed E-state index contributed by atoms with van der Waals surface area (Å²) in [5, 5.41) is 4.32. The first-order valence-corrected chi connectivity index (χ1v) is 34.2. The van der Waals surface area contributed by atoms with Crippen LogP contribution in [0.4, 0.5) is 22.0 Å². The first kappa shape index (κ1) is 73.0. The van der Waals surface area contributed by atoms with Crippen molar-refractivity contribution in [3.8, 4) is 91.3 Å². The molecular formula is C90H51F5Ir2N14. The first-order chi connectivity index (χ1) is 53.6. The van der Waals surface area contributed by atoms with E-state index >= 15 is 0 Å². The van der Waals surface area contributed by atoms with E-state index in [9.17, 15) is 22.0 Å². The van der Waals surface area contributed by atoms with E-state index in [4.69, 9.17) is 29.9 Å². The molecule has 0 radical (unpaired) electrons. The molecule has 14 nitrogen and oxygen atoms in total. The molecule has 0 fully saturated rings. The summed E-state index contributed by atoms with van der Waals surface area (Å²) >= 11 is 0. The van der Waals surface area contributed by atoms with E-state index in [1.165, 1.54) is 12.3 Å². The average molecular weight is 1810 g/mol. The predicted octanol–water partition coefficient (Wildman–Crippen LogP) is 20.3. The smallest absolute Gasteiger partial charge is 0.448 e. The molecule has 0 saturated carbocycles. The summed E-state index contributed by atoms with van der Waals surface area (Å²) < 4.78 is 72.7. The number of nitrogens with zero attached hydrogens (tertiary/aromatic N) is 14. The van der Waals surface area contributed by atoms with Crippen molar-refractivity contribution in [1.29, 1.82) is 0 Å². The summed E-state index contributed by atoms with van der Waals surface area (Å²) in [6.45, 7) is 0. The van der Waals surface area contributed by atoms with Crippen molar-refractivity contribution in [2.24, 2.45) is 0 Å². The van der Waals surface area contributed by atoms with E-state index in [1.807, 2.05) is 203 Å². The maximum atomic E-state index is 13.3. The number of para-hydroxylation sites is 6. The minimum atomic E-state index is -1.51. The van der Waals surface area contributed by atoms with Gasteiger partial charge in [0.15, 0.2) is 23.3 Å². The van der Waals surface area contributed by atoms with Gasteiger partial charge in [0, 0.05) is 70.0 Å². The Hall–Kier alpha value is -13.6. The molecule has 0 amide bonds. The number of imidazole rings is 2. The second-order valence-corrected chi connectivity index (χ2v) is 24.7. The molecule has 0 saturated heterocycles. The normalized spacial score (nSPS) is 11.0. The standard InChI is InChI=1S/2C34H20N6.C11H5F3N.C11H6F2N.2Ir/c2*1-3-11-23(12-4-1)32-36-33(24-13-5-2-6-14-24)38-34(37-32)40-29-17-9-7-15-26(29)27-20-19-25(21-31(27)40)39-22-35-28-16-8-10-18-30(28)39;12-8-5-4-7(10(13)11(8)14)9-3-1-2-6-15-9;12-8-4-5-9(10(13)7-8)11-3-1-2-6-14-11;;/h2*1-18,20-21H;1-3,5-6H;1-4,6-7H;;/q2*-2;2*-1;2*+3. The van der Waals surface area contributed by atoms with Gasteiger partial charge in [0.05, 0.1) is 11.6 Å². The van der Waals surface area contributed by atoms with Crippen LogP contribution in [0.1, 0.15) is 0 Å². The van der Waals surface area contributed by atoms with Gasteiger partial charge < -0.3 is 38.2 Å². The van der Waals surface area contributed by atoms with Gasteiger partial charge in [-0.25, -0.2) is 26.5 Å². The summed E-state index contributed by atoms with van der Waals surface area (Å²) in [4.78, 5) is 46.5. The molecule has 0 unspecified atom stereocenters. The van der Waals surface area contributed by atoms with Gasteiger partial charge in [0.25, 0.3) is 0 Å². The van der Waals surface area contributed by atoms with E-state index in [2.05, 4.69) is 115 Å². The van der Waals surface area contributed by atoms with Crippen molar-refractivity contribution in [1.82, 2.24) is 68.1 Å². The second-order valence-electron chi connectivity index (χ2n) is 24.7. The Labute approximate surface area is 658 Å². The molecule has 111 heavy (non-hydrogen) atoms. The molecule has 0 bridgehead atoms. The molecule has 0 atom stereocenters. The van der Waals surface area contributed by atoms with Crippen LogP contribution < -0.4 is 0 Å². The molecule has 8 aromatic heterocycles. The zero-order valence-corrected chi connectivity index (χ0v) is 62.6. The molecule has 8 heterocycles. The Morgan fingerprint density at radius 1 is 0.288 bits per heavy atom. The van der Waals surface area contributed by atoms with Gasteiger partial charge in [0.1, 0.15) is 5.82 Å². The Balaban J connectivity index is 0.000000129. The van der Waals surface area contributed by atoms with Crippen LogP contribution in [-0.4, -0.2) is 68.1 Å². The number of aromatic nitrogens is 14. The second kappa shape index (κ2) is 32.5. The number of fused-ring (bicyclic) bond motifs is 8. The predicted molar refractivity (Wildman–Crippen MR) is 411 cm³/mol. The topological polar surface area (TPSA) is 149 Å². The molecule has 0 aliphatic rings.